The molecule has 102 valence electrons. The van der Waals surface area contributed by atoms with E-state index in [1.807, 2.05) is 0 Å². The fourth-order valence-electron chi connectivity index (χ4n) is 1.59. The maximum atomic E-state index is 11.9. The molecule has 1 fully saturated rings. The van der Waals surface area contributed by atoms with Crippen molar-refractivity contribution in [3.8, 4) is 5.75 Å². The number of carbonyl (C=O) groups is 2. The van der Waals surface area contributed by atoms with E-state index in [9.17, 15) is 14.7 Å². The van der Waals surface area contributed by atoms with Crippen molar-refractivity contribution in [1.29, 1.82) is 0 Å². The maximum absolute atomic E-state index is 11.9. The van der Waals surface area contributed by atoms with Crippen LogP contribution in [-0.2, 0) is 4.79 Å². The summed E-state index contributed by atoms with van der Waals surface area (Å²) in [5.74, 6) is -0.794. The standard InChI is InChI=1S/C13H15BrN2O3/c1-7(12(18)16-9-3-4-9)15-13(19)10-5-2-8(14)6-11(10)17/h2,5-7,9,17H,3-4H2,1H3,(H,15,19)(H,16,18). The van der Waals surface area contributed by atoms with E-state index in [2.05, 4.69) is 26.6 Å². The van der Waals surface area contributed by atoms with Crippen molar-refractivity contribution in [2.75, 3.05) is 0 Å². The van der Waals surface area contributed by atoms with Crippen LogP contribution in [-0.4, -0.2) is 29.0 Å². The van der Waals surface area contributed by atoms with Gasteiger partial charge in [0.2, 0.25) is 5.91 Å². The number of phenolic OH excluding ortho intramolecular Hbond substituents is 1. The molecule has 1 aliphatic rings. The van der Waals surface area contributed by atoms with Gasteiger partial charge < -0.3 is 15.7 Å². The molecule has 0 radical (unpaired) electrons. The fraction of sp³-hybridized carbons (Fsp3) is 0.385. The molecular weight excluding hydrogens is 312 g/mol. The molecule has 1 aliphatic carbocycles. The molecule has 2 amide bonds. The summed E-state index contributed by atoms with van der Waals surface area (Å²) in [5, 5.41) is 15.1. The normalized spacial score (nSPS) is 15.7. The Morgan fingerprint density at radius 2 is 2.11 bits per heavy atom. The van der Waals surface area contributed by atoms with Crippen LogP contribution in [0.1, 0.15) is 30.1 Å². The van der Waals surface area contributed by atoms with Gasteiger partial charge in [0, 0.05) is 10.5 Å². The summed E-state index contributed by atoms with van der Waals surface area (Å²) in [6, 6.07) is 4.22. The van der Waals surface area contributed by atoms with Crippen molar-refractivity contribution in [3.63, 3.8) is 0 Å². The van der Waals surface area contributed by atoms with E-state index in [0.29, 0.717) is 4.47 Å². The summed E-state index contributed by atoms with van der Waals surface area (Å²) in [6.07, 6.45) is 2.00. The molecule has 19 heavy (non-hydrogen) atoms. The third kappa shape index (κ3) is 3.70. The fourth-order valence-corrected chi connectivity index (χ4v) is 1.94. The van der Waals surface area contributed by atoms with Crippen LogP contribution in [0.3, 0.4) is 0 Å². The van der Waals surface area contributed by atoms with Gasteiger partial charge in [0.05, 0.1) is 5.56 Å². The second-order valence-corrected chi connectivity index (χ2v) is 5.56. The third-order valence-electron chi connectivity index (χ3n) is 2.87. The second-order valence-electron chi connectivity index (χ2n) is 4.64. The highest BCUT2D eigenvalue weighted by Crippen LogP contribution is 2.22. The quantitative estimate of drug-likeness (QED) is 0.785. The van der Waals surface area contributed by atoms with E-state index in [1.165, 1.54) is 12.1 Å². The Balaban J connectivity index is 1.97. The number of halogens is 1. The van der Waals surface area contributed by atoms with E-state index in [4.69, 9.17) is 0 Å². The second kappa shape index (κ2) is 5.61. The first kappa shape index (κ1) is 13.9. The molecule has 5 nitrogen and oxygen atoms in total. The molecule has 6 heteroatoms. The van der Waals surface area contributed by atoms with Crippen LogP contribution in [0.15, 0.2) is 22.7 Å². The first-order valence-corrected chi connectivity index (χ1v) is 6.86. The SMILES string of the molecule is CC(NC(=O)c1ccc(Br)cc1O)C(=O)NC1CC1. The van der Waals surface area contributed by atoms with Gasteiger partial charge in [-0.15, -0.1) is 0 Å². The summed E-state index contributed by atoms with van der Waals surface area (Å²) in [5.41, 5.74) is 0.147. The minimum Gasteiger partial charge on any atom is -0.507 e. The zero-order chi connectivity index (χ0) is 14.0. The lowest BCUT2D eigenvalue weighted by molar-refractivity contribution is -0.122. The highest BCUT2D eigenvalue weighted by Gasteiger charge is 2.26. The van der Waals surface area contributed by atoms with E-state index in [0.717, 1.165) is 12.8 Å². The summed E-state index contributed by atoms with van der Waals surface area (Å²) < 4.78 is 0.682. The number of aromatic hydroxyl groups is 1. The van der Waals surface area contributed by atoms with Crippen LogP contribution < -0.4 is 10.6 Å². The topological polar surface area (TPSA) is 78.4 Å². The number of nitrogens with one attached hydrogen (secondary N) is 2. The Hall–Kier alpha value is -1.56. The monoisotopic (exact) mass is 326 g/mol. The molecule has 2 rings (SSSR count). The van der Waals surface area contributed by atoms with Gasteiger partial charge in [-0.2, -0.15) is 0 Å². The Kier molecular flexibility index (Phi) is 4.09. The molecule has 0 bridgehead atoms. The average Bonchev–Trinajstić information content (AvgIpc) is 3.12. The van der Waals surface area contributed by atoms with Gasteiger partial charge in [-0.05, 0) is 38.0 Å². The van der Waals surface area contributed by atoms with Gasteiger partial charge in [-0.1, -0.05) is 15.9 Å². The molecule has 0 aliphatic heterocycles. The number of carbonyl (C=O) groups excluding carboxylic acids is 2. The van der Waals surface area contributed by atoms with Crippen LogP contribution in [0.4, 0.5) is 0 Å². The number of amides is 2. The Labute approximate surface area is 119 Å². The summed E-state index contributed by atoms with van der Waals surface area (Å²) >= 11 is 3.20. The first-order valence-electron chi connectivity index (χ1n) is 6.07. The van der Waals surface area contributed by atoms with Crippen molar-refractivity contribution >= 4 is 27.7 Å². The largest absolute Gasteiger partial charge is 0.507 e. The molecule has 1 atom stereocenters. The van der Waals surface area contributed by atoms with Gasteiger partial charge in [-0.25, -0.2) is 0 Å². The molecule has 1 unspecified atom stereocenters. The molecule has 1 saturated carbocycles. The maximum Gasteiger partial charge on any atom is 0.255 e. The summed E-state index contributed by atoms with van der Waals surface area (Å²) in [4.78, 5) is 23.6. The minimum absolute atomic E-state index is 0.123. The lowest BCUT2D eigenvalue weighted by Gasteiger charge is -2.14. The van der Waals surface area contributed by atoms with E-state index >= 15 is 0 Å². The minimum atomic E-state index is -0.629. The van der Waals surface area contributed by atoms with Crippen LogP contribution in [0, 0.1) is 0 Å². The lowest BCUT2D eigenvalue weighted by atomic mass is 10.1. The van der Waals surface area contributed by atoms with Crippen LogP contribution in [0.25, 0.3) is 0 Å². The molecule has 0 saturated heterocycles. The highest BCUT2D eigenvalue weighted by molar-refractivity contribution is 9.10. The van der Waals surface area contributed by atoms with Crippen LogP contribution in [0.2, 0.25) is 0 Å². The first-order chi connectivity index (χ1) is 8.97. The third-order valence-corrected chi connectivity index (χ3v) is 3.36. The van der Waals surface area contributed by atoms with Crippen molar-refractivity contribution < 1.29 is 14.7 Å². The van der Waals surface area contributed by atoms with Crippen molar-refractivity contribution in [2.45, 2.75) is 31.8 Å². The van der Waals surface area contributed by atoms with Gasteiger partial charge in [0.25, 0.3) is 5.91 Å². The molecular formula is C13H15BrN2O3. The molecule has 1 aromatic carbocycles. The summed E-state index contributed by atoms with van der Waals surface area (Å²) in [6.45, 7) is 1.62. The zero-order valence-electron chi connectivity index (χ0n) is 10.4. The highest BCUT2D eigenvalue weighted by atomic mass is 79.9. The molecule has 3 N–H and O–H groups in total. The van der Waals surface area contributed by atoms with E-state index in [1.54, 1.807) is 13.0 Å². The predicted octanol–water partition coefficient (Wildman–Crippen LogP) is 1.55. The number of hydrogen-bond acceptors (Lipinski definition) is 3. The van der Waals surface area contributed by atoms with Gasteiger partial charge in [0.1, 0.15) is 11.8 Å². The lowest BCUT2D eigenvalue weighted by Crippen LogP contribution is -2.45. The van der Waals surface area contributed by atoms with E-state index in [-0.39, 0.29) is 23.3 Å². The van der Waals surface area contributed by atoms with Gasteiger partial charge in [0.15, 0.2) is 0 Å². The molecule has 0 aromatic heterocycles. The van der Waals surface area contributed by atoms with Gasteiger partial charge >= 0.3 is 0 Å². The average molecular weight is 327 g/mol. The Morgan fingerprint density at radius 3 is 2.68 bits per heavy atom. The predicted molar refractivity (Wildman–Crippen MR) is 73.9 cm³/mol. The van der Waals surface area contributed by atoms with E-state index < -0.39 is 11.9 Å². The smallest absolute Gasteiger partial charge is 0.255 e. The molecule has 0 heterocycles. The zero-order valence-corrected chi connectivity index (χ0v) is 12.0. The van der Waals surface area contributed by atoms with Crippen LogP contribution in [0.5, 0.6) is 5.75 Å². The number of phenols is 1. The summed E-state index contributed by atoms with van der Waals surface area (Å²) in [7, 11) is 0. The van der Waals surface area contributed by atoms with Crippen LogP contribution >= 0.6 is 15.9 Å². The number of benzene rings is 1. The number of hydrogen-bond donors (Lipinski definition) is 3. The van der Waals surface area contributed by atoms with Crippen molar-refractivity contribution in [1.82, 2.24) is 10.6 Å². The molecule has 1 aromatic rings. The number of rotatable bonds is 4. The van der Waals surface area contributed by atoms with Crippen molar-refractivity contribution in [2.24, 2.45) is 0 Å². The molecule has 0 spiro atoms. The Morgan fingerprint density at radius 1 is 1.42 bits per heavy atom. The van der Waals surface area contributed by atoms with Crippen molar-refractivity contribution in [3.05, 3.63) is 28.2 Å². The van der Waals surface area contributed by atoms with Gasteiger partial charge in [-0.3, -0.25) is 9.59 Å². The Bertz CT molecular complexity index is 515.